The number of hydrogen-bond donors (Lipinski definition) is 1. The van der Waals surface area contributed by atoms with Crippen LogP contribution in [0.1, 0.15) is 31.7 Å². The molecule has 0 heterocycles. The van der Waals surface area contributed by atoms with Gasteiger partial charge in [-0.05, 0) is 25.3 Å². The van der Waals surface area contributed by atoms with E-state index in [4.69, 9.17) is 5.26 Å². The second kappa shape index (κ2) is 4.58. The van der Waals surface area contributed by atoms with Crippen LogP contribution in [0.3, 0.4) is 0 Å². The zero-order valence-corrected chi connectivity index (χ0v) is 9.94. The lowest BCUT2D eigenvalue weighted by atomic mass is 9.63. The van der Waals surface area contributed by atoms with Gasteiger partial charge in [-0.15, -0.1) is 0 Å². The van der Waals surface area contributed by atoms with Crippen LogP contribution in [0.4, 0.5) is 0 Å². The van der Waals surface area contributed by atoms with E-state index in [1.165, 1.54) is 0 Å². The highest BCUT2D eigenvalue weighted by molar-refractivity contribution is 5.89. The number of nitriles is 1. The highest BCUT2D eigenvalue weighted by Crippen LogP contribution is 2.43. The van der Waals surface area contributed by atoms with Gasteiger partial charge in [0.05, 0.1) is 11.5 Å². The maximum atomic E-state index is 12.3. The van der Waals surface area contributed by atoms with Gasteiger partial charge in [0, 0.05) is 0 Å². The van der Waals surface area contributed by atoms with E-state index in [0.29, 0.717) is 0 Å². The highest BCUT2D eigenvalue weighted by Gasteiger charge is 2.45. The van der Waals surface area contributed by atoms with E-state index in [2.05, 4.69) is 5.32 Å². The van der Waals surface area contributed by atoms with Crippen molar-refractivity contribution in [2.24, 2.45) is 0 Å². The molecule has 0 spiro atoms. The van der Waals surface area contributed by atoms with Crippen LogP contribution in [0, 0.1) is 11.3 Å². The molecule has 0 radical (unpaired) electrons. The predicted octanol–water partition coefficient (Wildman–Crippen LogP) is 2.14. The number of hydrogen-bond acceptors (Lipinski definition) is 2. The fourth-order valence-corrected chi connectivity index (χ4v) is 2.30. The molecule has 1 aliphatic rings. The maximum Gasteiger partial charge on any atom is 0.231 e. The summed E-state index contributed by atoms with van der Waals surface area (Å²) in [6.07, 6.45) is 2.82. The van der Waals surface area contributed by atoms with Crippen LogP contribution in [0.5, 0.6) is 0 Å². The van der Waals surface area contributed by atoms with Crippen molar-refractivity contribution < 1.29 is 4.79 Å². The lowest BCUT2D eigenvalue weighted by Crippen LogP contribution is -2.51. The number of nitrogens with zero attached hydrogens (tertiary/aromatic N) is 1. The van der Waals surface area contributed by atoms with Gasteiger partial charge in [-0.25, -0.2) is 0 Å². The summed E-state index contributed by atoms with van der Waals surface area (Å²) in [6, 6.07) is 11.5. The Labute approximate surface area is 101 Å². The van der Waals surface area contributed by atoms with Crippen LogP contribution >= 0.6 is 0 Å². The largest absolute Gasteiger partial charge is 0.340 e. The van der Waals surface area contributed by atoms with Gasteiger partial charge in [0.1, 0.15) is 6.04 Å². The molecule has 0 bridgehead atoms. The molecule has 0 aromatic heterocycles. The van der Waals surface area contributed by atoms with E-state index in [0.717, 1.165) is 24.8 Å². The molecule has 1 unspecified atom stereocenters. The van der Waals surface area contributed by atoms with Gasteiger partial charge in [-0.1, -0.05) is 36.8 Å². The Morgan fingerprint density at radius 1 is 1.41 bits per heavy atom. The first-order valence-corrected chi connectivity index (χ1v) is 5.95. The molecule has 0 saturated heterocycles. The Balaban J connectivity index is 2.21. The second-order valence-corrected chi connectivity index (χ2v) is 4.63. The number of carbonyl (C=O) groups excluding carboxylic acids is 1. The van der Waals surface area contributed by atoms with E-state index in [1.54, 1.807) is 6.92 Å². The maximum absolute atomic E-state index is 12.3. The van der Waals surface area contributed by atoms with Crippen molar-refractivity contribution in [3.63, 3.8) is 0 Å². The lowest BCUT2D eigenvalue weighted by Gasteiger charge is -2.41. The van der Waals surface area contributed by atoms with E-state index in [-0.39, 0.29) is 5.91 Å². The van der Waals surface area contributed by atoms with Gasteiger partial charge in [0.25, 0.3) is 0 Å². The topological polar surface area (TPSA) is 52.9 Å². The third kappa shape index (κ3) is 2.03. The third-order valence-electron chi connectivity index (χ3n) is 3.51. The number of carbonyl (C=O) groups is 1. The van der Waals surface area contributed by atoms with Crippen LogP contribution in [0.2, 0.25) is 0 Å². The summed E-state index contributed by atoms with van der Waals surface area (Å²) in [6.45, 7) is 1.70. The molecular weight excluding hydrogens is 212 g/mol. The molecule has 1 atom stereocenters. The van der Waals surface area contributed by atoms with Crippen molar-refractivity contribution in [1.82, 2.24) is 5.32 Å². The normalized spacial score (nSPS) is 18.6. The molecule has 1 aromatic carbocycles. The van der Waals surface area contributed by atoms with Crippen LogP contribution < -0.4 is 5.32 Å². The molecule has 2 rings (SSSR count). The second-order valence-electron chi connectivity index (χ2n) is 4.63. The Morgan fingerprint density at radius 2 is 2.06 bits per heavy atom. The monoisotopic (exact) mass is 228 g/mol. The minimum Gasteiger partial charge on any atom is -0.340 e. The quantitative estimate of drug-likeness (QED) is 0.861. The summed E-state index contributed by atoms with van der Waals surface area (Å²) >= 11 is 0. The van der Waals surface area contributed by atoms with E-state index < -0.39 is 11.5 Å². The molecule has 3 nitrogen and oxygen atoms in total. The molecule has 1 saturated carbocycles. The Bertz CT molecular complexity index is 443. The first kappa shape index (κ1) is 11.7. The van der Waals surface area contributed by atoms with Crippen molar-refractivity contribution in [2.45, 2.75) is 37.6 Å². The molecule has 1 aromatic rings. The third-order valence-corrected chi connectivity index (χ3v) is 3.51. The zero-order chi connectivity index (χ0) is 12.3. The van der Waals surface area contributed by atoms with Gasteiger partial charge in [0.15, 0.2) is 0 Å². The molecule has 1 aliphatic carbocycles. The molecular formula is C14H16N2O. The van der Waals surface area contributed by atoms with Crippen LogP contribution in [-0.4, -0.2) is 11.9 Å². The molecule has 17 heavy (non-hydrogen) atoms. The van der Waals surface area contributed by atoms with Crippen LogP contribution in [0.15, 0.2) is 30.3 Å². The van der Waals surface area contributed by atoms with Crippen molar-refractivity contribution in [2.75, 3.05) is 0 Å². The summed E-state index contributed by atoms with van der Waals surface area (Å²) in [5.41, 5.74) is 0.667. The fourth-order valence-electron chi connectivity index (χ4n) is 2.30. The van der Waals surface area contributed by atoms with Crippen LogP contribution in [0.25, 0.3) is 0 Å². The summed E-state index contributed by atoms with van der Waals surface area (Å²) in [5.74, 6) is -0.0102. The first-order valence-electron chi connectivity index (χ1n) is 5.95. The van der Waals surface area contributed by atoms with Crippen LogP contribution in [-0.2, 0) is 10.2 Å². The number of amides is 1. The van der Waals surface area contributed by atoms with Gasteiger partial charge in [-0.3, -0.25) is 4.79 Å². The lowest BCUT2D eigenvalue weighted by molar-refractivity contribution is -0.130. The molecule has 1 amide bonds. The van der Waals surface area contributed by atoms with Gasteiger partial charge >= 0.3 is 0 Å². The van der Waals surface area contributed by atoms with E-state index >= 15 is 0 Å². The van der Waals surface area contributed by atoms with E-state index in [9.17, 15) is 4.79 Å². The summed E-state index contributed by atoms with van der Waals surface area (Å²) in [4.78, 5) is 12.3. The smallest absolute Gasteiger partial charge is 0.231 e. The molecule has 1 fully saturated rings. The van der Waals surface area contributed by atoms with Gasteiger partial charge in [0.2, 0.25) is 5.91 Å². The highest BCUT2D eigenvalue weighted by atomic mass is 16.2. The van der Waals surface area contributed by atoms with Crippen molar-refractivity contribution in [1.29, 1.82) is 5.26 Å². The summed E-state index contributed by atoms with van der Waals surface area (Å²) in [7, 11) is 0. The summed E-state index contributed by atoms with van der Waals surface area (Å²) < 4.78 is 0. The number of nitrogens with one attached hydrogen (secondary N) is 1. The Hall–Kier alpha value is -1.82. The first-order chi connectivity index (χ1) is 8.19. The molecule has 0 aliphatic heterocycles. The minimum atomic E-state index is -0.427. The Kier molecular flexibility index (Phi) is 3.14. The van der Waals surface area contributed by atoms with Gasteiger partial charge in [-0.2, -0.15) is 5.26 Å². The average molecular weight is 228 g/mol. The standard InChI is InChI=1S/C14H16N2O/c1-11(10-15)16-13(17)14(8-5-9-14)12-6-3-2-4-7-12/h2-4,6-7,11H,5,8-9H2,1H3,(H,16,17). The SMILES string of the molecule is CC(C#N)NC(=O)C1(c2ccccc2)CCC1. The minimum absolute atomic E-state index is 0.0102. The fraction of sp³-hybridized carbons (Fsp3) is 0.429. The molecule has 1 N–H and O–H groups in total. The van der Waals surface area contributed by atoms with Crippen molar-refractivity contribution in [3.05, 3.63) is 35.9 Å². The van der Waals surface area contributed by atoms with Crippen molar-refractivity contribution >= 4 is 5.91 Å². The molecule has 88 valence electrons. The van der Waals surface area contributed by atoms with Crippen molar-refractivity contribution in [3.8, 4) is 6.07 Å². The Morgan fingerprint density at radius 3 is 2.53 bits per heavy atom. The summed E-state index contributed by atoms with van der Waals surface area (Å²) in [5, 5.41) is 11.5. The van der Waals surface area contributed by atoms with Gasteiger partial charge < -0.3 is 5.32 Å². The van der Waals surface area contributed by atoms with E-state index in [1.807, 2.05) is 36.4 Å². The molecule has 3 heteroatoms. The average Bonchev–Trinajstić information content (AvgIpc) is 2.28. The number of rotatable bonds is 3. The number of benzene rings is 1. The zero-order valence-electron chi connectivity index (χ0n) is 9.94. The predicted molar refractivity (Wildman–Crippen MR) is 65.2 cm³/mol.